The summed E-state index contributed by atoms with van der Waals surface area (Å²) in [5, 5.41) is 8.71. The van der Waals surface area contributed by atoms with Gasteiger partial charge in [0.05, 0.1) is 17.5 Å². The number of Topliss-reactive ketones (excluding diaryl/α,β-unsaturated/α-hetero) is 1. The van der Waals surface area contributed by atoms with Crippen LogP contribution in [0.4, 0.5) is 0 Å². The van der Waals surface area contributed by atoms with E-state index in [0.717, 1.165) is 9.13 Å². The van der Waals surface area contributed by atoms with Crippen LogP contribution in [-0.2, 0) is 0 Å². The van der Waals surface area contributed by atoms with Crippen molar-refractivity contribution in [3.63, 3.8) is 0 Å². The van der Waals surface area contributed by atoms with Crippen LogP contribution in [0.3, 0.4) is 0 Å². The molecule has 0 heterocycles. The van der Waals surface area contributed by atoms with Gasteiger partial charge >= 0.3 is 0 Å². The summed E-state index contributed by atoms with van der Waals surface area (Å²) in [4.78, 5) is 11.4. The molecule has 0 N–H and O–H groups in total. The Kier molecular flexibility index (Phi) is 3.90. The SMILES string of the molecule is Cc1cc(C#N)cc(I)c1C(=O)CCl. The molecule has 0 saturated heterocycles. The Morgan fingerprint density at radius 2 is 2.29 bits per heavy atom. The van der Waals surface area contributed by atoms with Crippen LogP contribution in [0.25, 0.3) is 0 Å². The molecule has 0 amide bonds. The fourth-order valence-electron chi connectivity index (χ4n) is 1.23. The molecule has 14 heavy (non-hydrogen) atoms. The topological polar surface area (TPSA) is 40.9 Å². The van der Waals surface area contributed by atoms with Crippen molar-refractivity contribution in [3.8, 4) is 6.07 Å². The van der Waals surface area contributed by atoms with Gasteiger partial charge in [-0.05, 0) is 47.2 Å². The quantitative estimate of drug-likeness (QED) is 0.478. The van der Waals surface area contributed by atoms with Gasteiger partial charge in [0.25, 0.3) is 0 Å². The third-order valence-electron chi connectivity index (χ3n) is 1.82. The lowest BCUT2D eigenvalue weighted by Gasteiger charge is -2.05. The molecule has 0 aliphatic heterocycles. The summed E-state index contributed by atoms with van der Waals surface area (Å²) in [6, 6.07) is 5.43. The first-order valence-corrected chi connectivity index (χ1v) is 5.51. The van der Waals surface area contributed by atoms with Crippen LogP contribution < -0.4 is 0 Å². The number of nitrogens with zero attached hydrogens (tertiary/aromatic N) is 1. The second-order valence-corrected chi connectivity index (χ2v) is 4.25. The van der Waals surface area contributed by atoms with Crippen molar-refractivity contribution in [3.05, 3.63) is 32.4 Å². The molecule has 0 saturated carbocycles. The lowest BCUT2D eigenvalue weighted by Crippen LogP contribution is -2.06. The van der Waals surface area contributed by atoms with Crippen molar-refractivity contribution in [2.24, 2.45) is 0 Å². The Balaban J connectivity index is 3.34. The lowest BCUT2D eigenvalue weighted by molar-refractivity contribution is 0.101. The van der Waals surface area contributed by atoms with E-state index in [0.29, 0.717) is 11.1 Å². The number of alkyl halides is 1. The van der Waals surface area contributed by atoms with Crippen molar-refractivity contribution in [1.29, 1.82) is 5.26 Å². The zero-order valence-corrected chi connectivity index (χ0v) is 10.4. The first-order valence-electron chi connectivity index (χ1n) is 3.89. The first kappa shape index (κ1) is 11.5. The van der Waals surface area contributed by atoms with Gasteiger partial charge in [0, 0.05) is 9.13 Å². The van der Waals surface area contributed by atoms with Crippen molar-refractivity contribution < 1.29 is 4.79 Å². The van der Waals surface area contributed by atoms with Crippen LogP contribution >= 0.6 is 34.2 Å². The summed E-state index contributed by atoms with van der Waals surface area (Å²) in [5.74, 6) is -0.124. The average molecular weight is 320 g/mol. The molecule has 4 heteroatoms. The van der Waals surface area contributed by atoms with Gasteiger partial charge in [-0.15, -0.1) is 11.6 Å². The van der Waals surface area contributed by atoms with E-state index in [-0.39, 0.29) is 11.7 Å². The average Bonchev–Trinajstić information content (AvgIpc) is 2.16. The van der Waals surface area contributed by atoms with Crippen LogP contribution in [0.15, 0.2) is 12.1 Å². The minimum atomic E-state index is -0.0990. The van der Waals surface area contributed by atoms with Crippen LogP contribution in [0.2, 0.25) is 0 Å². The molecule has 0 unspecified atom stereocenters. The normalized spacial score (nSPS) is 9.57. The molecule has 1 aromatic rings. The maximum Gasteiger partial charge on any atom is 0.178 e. The number of rotatable bonds is 2. The predicted octanol–water partition coefficient (Wildman–Crippen LogP) is 2.89. The second-order valence-electron chi connectivity index (χ2n) is 2.82. The Morgan fingerprint density at radius 3 is 2.71 bits per heavy atom. The van der Waals surface area contributed by atoms with Crippen LogP contribution in [0.5, 0.6) is 0 Å². The molecule has 0 fully saturated rings. The molecule has 72 valence electrons. The zero-order valence-electron chi connectivity index (χ0n) is 7.47. The van der Waals surface area contributed by atoms with Crippen molar-refractivity contribution >= 4 is 40.0 Å². The monoisotopic (exact) mass is 319 g/mol. The molecule has 0 spiro atoms. The molecule has 1 aromatic carbocycles. The lowest BCUT2D eigenvalue weighted by atomic mass is 10.0. The molecule has 2 nitrogen and oxygen atoms in total. The van der Waals surface area contributed by atoms with Gasteiger partial charge in [0.15, 0.2) is 5.78 Å². The minimum Gasteiger partial charge on any atom is -0.293 e. The van der Waals surface area contributed by atoms with Crippen molar-refractivity contribution in [2.75, 3.05) is 5.88 Å². The second kappa shape index (κ2) is 4.76. The number of hydrogen-bond donors (Lipinski definition) is 0. The predicted molar refractivity (Wildman–Crippen MR) is 63.7 cm³/mol. The fraction of sp³-hybridized carbons (Fsp3) is 0.200. The summed E-state index contributed by atoms with van der Waals surface area (Å²) < 4.78 is 0.782. The fourth-order valence-corrected chi connectivity index (χ4v) is 2.42. The summed E-state index contributed by atoms with van der Waals surface area (Å²) in [6.07, 6.45) is 0. The van der Waals surface area contributed by atoms with E-state index in [2.05, 4.69) is 0 Å². The van der Waals surface area contributed by atoms with Gasteiger partial charge in [-0.2, -0.15) is 5.26 Å². The summed E-state index contributed by atoms with van der Waals surface area (Å²) in [5.41, 5.74) is 2.00. The van der Waals surface area contributed by atoms with Gasteiger partial charge in [-0.25, -0.2) is 0 Å². The van der Waals surface area contributed by atoms with Crippen LogP contribution in [0, 0.1) is 21.8 Å². The highest BCUT2D eigenvalue weighted by molar-refractivity contribution is 14.1. The standard InChI is InChI=1S/C10H7ClINO/c1-6-2-7(5-13)3-8(12)10(6)9(14)4-11/h2-3H,4H2,1H3. The van der Waals surface area contributed by atoms with E-state index in [4.69, 9.17) is 16.9 Å². The highest BCUT2D eigenvalue weighted by atomic mass is 127. The number of nitriles is 1. The first-order chi connectivity index (χ1) is 6.60. The van der Waals surface area contributed by atoms with Crippen LogP contribution in [-0.4, -0.2) is 11.7 Å². The molecule has 0 bridgehead atoms. The summed E-state index contributed by atoms with van der Waals surface area (Å²) in [6.45, 7) is 1.81. The number of aryl methyl sites for hydroxylation is 1. The minimum absolute atomic E-state index is 0.0251. The zero-order chi connectivity index (χ0) is 10.7. The van der Waals surface area contributed by atoms with E-state index in [1.165, 1.54) is 0 Å². The summed E-state index contributed by atoms with van der Waals surface area (Å²) in [7, 11) is 0. The number of hydrogen-bond acceptors (Lipinski definition) is 2. The molecule has 0 aliphatic rings. The molecule has 0 aliphatic carbocycles. The van der Waals surface area contributed by atoms with Gasteiger partial charge in [0.1, 0.15) is 0 Å². The Labute approximate surface area is 101 Å². The van der Waals surface area contributed by atoms with E-state index in [1.807, 2.05) is 35.6 Å². The number of carbonyl (C=O) groups is 1. The van der Waals surface area contributed by atoms with E-state index < -0.39 is 0 Å². The van der Waals surface area contributed by atoms with Gasteiger partial charge < -0.3 is 0 Å². The molecule has 1 rings (SSSR count). The molecular formula is C10H7ClINO. The number of carbonyl (C=O) groups excluding carboxylic acids is 1. The van der Waals surface area contributed by atoms with Crippen molar-refractivity contribution in [2.45, 2.75) is 6.92 Å². The molecule has 0 atom stereocenters. The highest BCUT2D eigenvalue weighted by Crippen LogP contribution is 2.20. The molecular weight excluding hydrogens is 312 g/mol. The Morgan fingerprint density at radius 1 is 1.64 bits per heavy atom. The third kappa shape index (κ3) is 2.25. The third-order valence-corrected chi connectivity index (χ3v) is 2.91. The summed E-state index contributed by atoms with van der Waals surface area (Å²) >= 11 is 7.53. The van der Waals surface area contributed by atoms with E-state index in [9.17, 15) is 4.79 Å². The van der Waals surface area contributed by atoms with E-state index >= 15 is 0 Å². The largest absolute Gasteiger partial charge is 0.293 e. The Bertz CT molecular complexity index is 400. The smallest absolute Gasteiger partial charge is 0.178 e. The van der Waals surface area contributed by atoms with Gasteiger partial charge in [0.2, 0.25) is 0 Å². The number of ketones is 1. The highest BCUT2D eigenvalue weighted by Gasteiger charge is 2.12. The number of halogens is 2. The number of benzene rings is 1. The maximum atomic E-state index is 11.4. The molecule has 0 aromatic heterocycles. The van der Waals surface area contributed by atoms with Crippen molar-refractivity contribution in [1.82, 2.24) is 0 Å². The van der Waals surface area contributed by atoms with Gasteiger partial charge in [-0.3, -0.25) is 4.79 Å². The Hall–Kier alpha value is -0.600. The maximum absolute atomic E-state index is 11.4. The molecule has 0 radical (unpaired) electrons. The van der Waals surface area contributed by atoms with Gasteiger partial charge in [-0.1, -0.05) is 0 Å². The van der Waals surface area contributed by atoms with E-state index in [1.54, 1.807) is 12.1 Å². The van der Waals surface area contributed by atoms with Crippen LogP contribution in [0.1, 0.15) is 21.5 Å².